The van der Waals surface area contributed by atoms with Gasteiger partial charge in [-0.05, 0) is 73.6 Å². The molecule has 0 radical (unpaired) electrons. The standard InChI is InChI=1S/C31H22O/c1-20-22(14-8-15-23(20)29-13-6-7-16-31(29)32)21-17-18-28-26-11-3-2-9-24(26)25-10-4-5-12-27(25)30(28)19-21/h2-19,32H,1H3. The van der Waals surface area contributed by atoms with Crippen LogP contribution < -0.4 is 0 Å². The molecular weight excluding hydrogens is 388 g/mol. The molecule has 0 saturated carbocycles. The minimum absolute atomic E-state index is 0.309. The highest BCUT2D eigenvalue weighted by Gasteiger charge is 2.13. The highest BCUT2D eigenvalue weighted by Crippen LogP contribution is 2.39. The highest BCUT2D eigenvalue weighted by atomic mass is 16.3. The average molecular weight is 411 g/mol. The van der Waals surface area contributed by atoms with E-state index in [-0.39, 0.29) is 0 Å². The lowest BCUT2D eigenvalue weighted by atomic mass is 9.89. The van der Waals surface area contributed by atoms with Gasteiger partial charge in [0.15, 0.2) is 0 Å². The molecule has 0 amide bonds. The first-order valence-electron chi connectivity index (χ1n) is 10.9. The molecule has 0 unspecified atom stereocenters. The quantitative estimate of drug-likeness (QED) is 0.284. The zero-order valence-electron chi connectivity index (χ0n) is 17.8. The summed E-state index contributed by atoms with van der Waals surface area (Å²) in [5, 5.41) is 18.1. The van der Waals surface area contributed by atoms with Gasteiger partial charge in [0.1, 0.15) is 5.75 Å². The van der Waals surface area contributed by atoms with Gasteiger partial charge in [0.2, 0.25) is 0 Å². The summed E-state index contributed by atoms with van der Waals surface area (Å²) in [7, 11) is 0. The van der Waals surface area contributed by atoms with Gasteiger partial charge >= 0.3 is 0 Å². The van der Waals surface area contributed by atoms with Crippen LogP contribution >= 0.6 is 0 Å². The zero-order valence-corrected chi connectivity index (χ0v) is 17.8. The molecule has 0 spiro atoms. The Bertz CT molecular complexity index is 1610. The maximum atomic E-state index is 10.4. The molecule has 152 valence electrons. The van der Waals surface area contributed by atoms with Gasteiger partial charge in [0.25, 0.3) is 0 Å². The number of phenols is 1. The summed E-state index contributed by atoms with van der Waals surface area (Å²) in [6.45, 7) is 2.14. The summed E-state index contributed by atoms with van der Waals surface area (Å²) in [5.74, 6) is 0.309. The van der Waals surface area contributed by atoms with Crippen molar-refractivity contribution >= 4 is 32.3 Å². The van der Waals surface area contributed by atoms with Gasteiger partial charge in [0, 0.05) is 5.56 Å². The van der Waals surface area contributed by atoms with Gasteiger partial charge in [-0.1, -0.05) is 97.1 Å². The monoisotopic (exact) mass is 410 g/mol. The van der Waals surface area contributed by atoms with Crippen molar-refractivity contribution in [2.75, 3.05) is 0 Å². The smallest absolute Gasteiger partial charge is 0.123 e. The number of hydrogen-bond acceptors (Lipinski definition) is 1. The van der Waals surface area contributed by atoms with Crippen molar-refractivity contribution in [2.45, 2.75) is 6.92 Å². The Kier molecular flexibility index (Phi) is 4.22. The minimum Gasteiger partial charge on any atom is -0.507 e. The van der Waals surface area contributed by atoms with Crippen molar-refractivity contribution in [3.8, 4) is 28.0 Å². The predicted octanol–water partition coefficient (Wildman–Crippen LogP) is 8.49. The van der Waals surface area contributed by atoms with E-state index in [4.69, 9.17) is 0 Å². The third-order valence-electron chi connectivity index (χ3n) is 6.58. The first-order valence-corrected chi connectivity index (χ1v) is 10.9. The maximum Gasteiger partial charge on any atom is 0.123 e. The number of rotatable bonds is 2. The van der Waals surface area contributed by atoms with Crippen LogP contribution in [0.1, 0.15) is 5.56 Å². The van der Waals surface area contributed by atoms with E-state index in [9.17, 15) is 5.11 Å². The van der Waals surface area contributed by atoms with E-state index in [2.05, 4.69) is 91.9 Å². The van der Waals surface area contributed by atoms with Crippen LogP contribution in [0.25, 0.3) is 54.6 Å². The van der Waals surface area contributed by atoms with E-state index in [0.717, 1.165) is 11.1 Å². The molecule has 0 heterocycles. The second-order valence-corrected chi connectivity index (χ2v) is 8.35. The molecular formula is C31H22O. The summed E-state index contributed by atoms with van der Waals surface area (Å²) >= 11 is 0. The molecule has 0 saturated heterocycles. The maximum absolute atomic E-state index is 10.4. The zero-order chi connectivity index (χ0) is 21.7. The molecule has 0 aliphatic heterocycles. The molecule has 32 heavy (non-hydrogen) atoms. The third kappa shape index (κ3) is 2.79. The highest BCUT2D eigenvalue weighted by molar-refractivity contribution is 6.25. The van der Waals surface area contributed by atoms with Gasteiger partial charge < -0.3 is 5.11 Å². The van der Waals surface area contributed by atoms with Crippen molar-refractivity contribution < 1.29 is 5.11 Å². The number of fused-ring (bicyclic) bond motifs is 6. The van der Waals surface area contributed by atoms with Crippen molar-refractivity contribution in [1.29, 1.82) is 0 Å². The molecule has 0 aliphatic carbocycles. The topological polar surface area (TPSA) is 20.2 Å². The molecule has 1 nitrogen and oxygen atoms in total. The molecule has 6 rings (SSSR count). The van der Waals surface area contributed by atoms with Crippen LogP contribution in [0.15, 0.2) is 109 Å². The van der Waals surface area contributed by atoms with E-state index >= 15 is 0 Å². The molecule has 0 fully saturated rings. The summed E-state index contributed by atoms with van der Waals surface area (Å²) < 4.78 is 0. The molecule has 6 aromatic rings. The van der Waals surface area contributed by atoms with Crippen LogP contribution in [0.5, 0.6) is 5.75 Å². The predicted molar refractivity (Wildman–Crippen MR) is 136 cm³/mol. The molecule has 0 atom stereocenters. The Labute approximate surface area is 187 Å². The van der Waals surface area contributed by atoms with Gasteiger partial charge in [-0.3, -0.25) is 0 Å². The van der Waals surface area contributed by atoms with E-state index in [1.54, 1.807) is 6.07 Å². The lowest BCUT2D eigenvalue weighted by Crippen LogP contribution is -1.90. The molecule has 0 bridgehead atoms. The Balaban J connectivity index is 1.64. The summed E-state index contributed by atoms with van der Waals surface area (Å²) in [4.78, 5) is 0. The van der Waals surface area contributed by atoms with Gasteiger partial charge in [-0.25, -0.2) is 0 Å². The second kappa shape index (κ2) is 7.25. The molecule has 0 aromatic heterocycles. The van der Waals surface area contributed by atoms with E-state index < -0.39 is 0 Å². The van der Waals surface area contributed by atoms with Crippen LogP contribution in [0.3, 0.4) is 0 Å². The van der Waals surface area contributed by atoms with Gasteiger partial charge in [-0.2, -0.15) is 0 Å². The van der Waals surface area contributed by atoms with E-state index in [0.29, 0.717) is 5.75 Å². The SMILES string of the molecule is Cc1c(-c2ccc3c4ccccc4c4ccccc4c3c2)cccc1-c1ccccc1O. The van der Waals surface area contributed by atoms with Crippen molar-refractivity contribution in [1.82, 2.24) is 0 Å². The van der Waals surface area contributed by atoms with Crippen LogP contribution in [0.4, 0.5) is 0 Å². The van der Waals surface area contributed by atoms with Crippen molar-refractivity contribution in [2.24, 2.45) is 0 Å². The fourth-order valence-electron chi connectivity index (χ4n) is 5.02. The third-order valence-corrected chi connectivity index (χ3v) is 6.58. The fourth-order valence-corrected chi connectivity index (χ4v) is 5.02. The lowest BCUT2D eigenvalue weighted by molar-refractivity contribution is 0.477. The second-order valence-electron chi connectivity index (χ2n) is 8.35. The fraction of sp³-hybridized carbons (Fsp3) is 0.0323. The Hall–Kier alpha value is -4.10. The summed E-state index contributed by atoms with van der Waals surface area (Å²) in [6, 6.07) is 38.0. The Morgan fingerprint density at radius 2 is 0.938 bits per heavy atom. The first-order chi connectivity index (χ1) is 15.7. The van der Waals surface area contributed by atoms with Crippen LogP contribution in [0, 0.1) is 6.92 Å². The molecule has 6 aromatic carbocycles. The van der Waals surface area contributed by atoms with Crippen molar-refractivity contribution in [3.63, 3.8) is 0 Å². The summed E-state index contributed by atoms with van der Waals surface area (Å²) in [6.07, 6.45) is 0. The molecule has 1 N–H and O–H groups in total. The van der Waals surface area contributed by atoms with Crippen LogP contribution in [0.2, 0.25) is 0 Å². The van der Waals surface area contributed by atoms with E-state index in [1.807, 2.05) is 18.2 Å². The van der Waals surface area contributed by atoms with E-state index in [1.165, 1.54) is 49.0 Å². The van der Waals surface area contributed by atoms with Gasteiger partial charge in [-0.15, -0.1) is 0 Å². The number of phenolic OH excluding ortho intramolecular Hbond substituents is 1. The normalized spacial score (nSPS) is 11.4. The number of para-hydroxylation sites is 1. The average Bonchev–Trinajstić information content (AvgIpc) is 2.85. The molecule has 0 aliphatic rings. The lowest BCUT2D eigenvalue weighted by Gasteiger charge is -2.15. The van der Waals surface area contributed by atoms with Gasteiger partial charge in [0.05, 0.1) is 0 Å². The number of aromatic hydroxyl groups is 1. The minimum atomic E-state index is 0.309. The Morgan fingerprint density at radius 1 is 0.438 bits per heavy atom. The summed E-state index contributed by atoms with van der Waals surface area (Å²) in [5.41, 5.74) is 5.46. The van der Waals surface area contributed by atoms with Crippen LogP contribution in [-0.4, -0.2) is 5.11 Å². The largest absolute Gasteiger partial charge is 0.507 e. The van der Waals surface area contributed by atoms with Crippen molar-refractivity contribution in [3.05, 3.63) is 115 Å². The van der Waals surface area contributed by atoms with Crippen LogP contribution in [-0.2, 0) is 0 Å². The Morgan fingerprint density at radius 3 is 1.59 bits per heavy atom. The number of hydrogen-bond donors (Lipinski definition) is 1. The number of benzene rings is 6. The molecule has 1 heteroatoms. The first kappa shape index (κ1) is 18.7.